The minimum Gasteiger partial charge on any atom is -0.507 e. The number of hydrogen-bond acceptors (Lipinski definition) is 6. The van der Waals surface area contributed by atoms with Crippen molar-refractivity contribution in [2.75, 3.05) is 0 Å². The van der Waals surface area contributed by atoms with Crippen LogP contribution in [0.3, 0.4) is 0 Å². The van der Waals surface area contributed by atoms with Crippen LogP contribution in [0.4, 0.5) is 0 Å². The lowest BCUT2D eigenvalue weighted by molar-refractivity contribution is 0.0962. The zero-order valence-corrected chi connectivity index (χ0v) is 14.8. The number of ketones is 4. The highest BCUT2D eigenvalue weighted by atomic mass is 16.3. The molecule has 0 bridgehead atoms. The Labute approximate surface area is 159 Å². The van der Waals surface area contributed by atoms with Gasteiger partial charge in [0.25, 0.3) is 0 Å². The number of allylic oxidation sites excluding steroid dienone is 4. The molecular weight excluding hydrogens is 360 g/mol. The molecule has 2 N–H and O–H groups in total. The Morgan fingerprint density at radius 1 is 0.750 bits per heavy atom. The quantitative estimate of drug-likeness (QED) is 0.836. The Balaban J connectivity index is 1.78. The lowest BCUT2D eigenvalue weighted by atomic mass is 9.79. The molecule has 0 spiro atoms. The summed E-state index contributed by atoms with van der Waals surface area (Å²) in [6.07, 6.45) is 0.868. The fraction of sp³-hybridized carbons (Fsp3) is 0.0909. The van der Waals surface area contributed by atoms with Gasteiger partial charge in [-0.25, -0.2) is 0 Å². The highest BCUT2D eigenvalue weighted by Gasteiger charge is 2.35. The number of rotatable bonds is 2. The summed E-state index contributed by atoms with van der Waals surface area (Å²) in [5.41, 5.74) is 0.288. The van der Waals surface area contributed by atoms with Crippen LogP contribution >= 0.6 is 0 Å². The molecule has 138 valence electrons. The van der Waals surface area contributed by atoms with Crippen LogP contribution < -0.4 is 0 Å². The molecule has 0 fully saturated rings. The van der Waals surface area contributed by atoms with Crippen molar-refractivity contribution in [3.63, 3.8) is 0 Å². The number of fused-ring (bicyclic) bond motifs is 2. The summed E-state index contributed by atoms with van der Waals surface area (Å²) in [7, 11) is 0. The third-order valence-corrected chi connectivity index (χ3v) is 5.08. The standard InChI is InChI=1S/C22H14O6/c1-10-14(22(28)19-13(20(10)26)5-3-7-16(19)24)8-11-9-17(25)18-12(21(11)27)4-2-6-15(18)23/h2-7,9,23-24H,8H2,1H3. The van der Waals surface area contributed by atoms with Crippen LogP contribution in [0.15, 0.2) is 59.2 Å². The van der Waals surface area contributed by atoms with Crippen molar-refractivity contribution >= 4 is 23.1 Å². The molecular formula is C22H14O6. The SMILES string of the molecule is CC1=C(CC2=CC(=O)c3c(O)cccc3C2=O)C(=O)c2c(O)cccc2C1=O. The lowest BCUT2D eigenvalue weighted by Crippen LogP contribution is -2.24. The van der Waals surface area contributed by atoms with Crippen molar-refractivity contribution in [1.29, 1.82) is 0 Å². The van der Waals surface area contributed by atoms with Crippen molar-refractivity contribution in [3.8, 4) is 11.5 Å². The first-order chi connectivity index (χ1) is 13.3. The minimum atomic E-state index is -0.548. The maximum absolute atomic E-state index is 12.9. The molecule has 2 aliphatic carbocycles. The van der Waals surface area contributed by atoms with Gasteiger partial charge in [-0.3, -0.25) is 19.2 Å². The van der Waals surface area contributed by atoms with Crippen molar-refractivity contribution in [3.05, 3.63) is 81.4 Å². The van der Waals surface area contributed by atoms with Gasteiger partial charge in [0.2, 0.25) is 0 Å². The Hall–Kier alpha value is -3.80. The molecule has 0 radical (unpaired) electrons. The average Bonchev–Trinajstić information content (AvgIpc) is 2.66. The van der Waals surface area contributed by atoms with Gasteiger partial charge in [-0.15, -0.1) is 0 Å². The van der Waals surface area contributed by atoms with Crippen LogP contribution in [0.25, 0.3) is 0 Å². The molecule has 0 aromatic heterocycles. The zero-order chi connectivity index (χ0) is 20.2. The molecule has 2 aromatic carbocycles. The zero-order valence-electron chi connectivity index (χ0n) is 14.8. The van der Waals surface area contributed by atoms with Crippen molar-refractivity contribution in [2.24, 2.45) is 0 Å². The number of phenols is 2. The molecule has 4 rings (SSSR count). The molecule has 0 heterocycles. The fourth-order valence-corrected chi connectivity index (χ4v) is 3.62. The lowest BCUT2D eigenvalue weighted by Gasteiger charge is -2.22. The van der Waals surface area contributed by atoms with Crippen LogP contribution in [0, 0.1) is 0 Å². The van der Waals surface area contributed by atoms with Crippen LogP contribution in [-0.4, -0.2) is 33.3 Å². The predicted molar refractivity (Wildman–Crippen MR) is 98.9 cm³/mol. The van der Waals surface area contributed by atoms with E-state index in [2.05, 4.69) is 0 Å². The second-order valence-electron chi connectivity index (χ2n) is 6.70. The van der Waals surface area contributed by atoms with Gasteiger partial charge in [-0.1, -0.05) is 24.3 Å². The Bertz CT molecular complexity index is 1180. The third kappa shape index (κ3) is 2.42. The molecule has 0 saturated heterocycles. The number of Topliss-reactive ketones (excluding diaryl/α,β-unsaturated/α-hetero) is 3. The maximum Gasteiger partial charge on any atom is 0.194 e. The summed E-state index contributed by atoms with van der Waals surface area (Å²) in [4.78, 5) is 50.7. The molecule has 0 unspecified atom stereocenters. The van der Waals surface area contributed by atoms with Crippen molar-refractivity contribution < 1.29 is 29.4 Å². The summed E-state index contributed by atoms with van der Waals surface area (Å²) in [6.45, 7) is 1.48. The van der Waals surface area contributed by atoms with E-state index in [4.69, 9.17) is 0 Å². The Morgan fingerprint density at radius 2 is 1.32 bits per heavy atom. The third-order valence-electron chi connectivity index (χ3n) is 5.08. The highest BCUT2D eigenvalue weighted by molar-refractivity contribution is 6.30. The van der Waals surface area contributed by atoms with Crippen LogP contribution in [-0.2, 0) is 0 Å². The first-order valence-electron chi connectivity index (χ1n) is 8.54. The summed E-state index contributed by atoms with van der Waals surface area (Å²) in [5.74, 6) is -2.59. The van der Waals surface area contributed by atoms with Gasteiger partial charge in [0, 0.05) is 34.3 Å². The average molecular weight is 374 g/mol. The van der Waals surface area contributed by atoms with E-state index in [9.17, 15) is 29.4 Å². The van der Waals surface area contributed by atoms with Crippen LogP contribution in [0.2, 0.25) is 0 Å². The van der Waals surface area contributed by atoms with Gasteiger partial charge in [0.1, 0.15) is 11.5 Å². The first-order valence-corrected chi connectivity index (χ1v) is 8.54. The van der Waals surface area contributed by atoms with Gasteiger partial charge in [0.15, 0.2) is 23.1 Å². The molecule has 0 saturated carbocycles. The maximum atomic E-state index is 12.9. The number of carbonyl (C=O) groups excluding carboxylic acids is 4. The van der Waals surface area contributed by atoms with E-state index in [1.165, 1.54) is 43.3 Å². The fourth-order valence-electron chi connectivity index (χ4n) is 3.62. The van der Waals surface area contributed by atoms with Gasteiger partial charge in [-0.05, 0) is 25.1 Å². The minimum absolute atomic E-state index is 0.0532. The predicted octanol–water partition coefficient (Wildman–Crippen LogP) is 3.19. The number of phenolic OH excluding ortho intramolecular Hbond substituents is 2. The monoisotopic (exact) mass is 374 g/mol. The summed E-state index contributed by atoms with van der Waals surface area (Å²) in [5, 5.41) is 19.9. The smallest absolute Gasteiger partial charge is 0.194 e. The van der Waals surface area contributed by atoms with Gasteiger partial charge in [0.05, 0.1) is 11.1 Å². The number of aromatic hydroxyl groups is 2. The Kier molecular flexibility index (Phi) is 3.85. The molecule has 6 heteroatoms. The molecule has 0 atom stereocenters. The number of hydrogen-bond donors (Lipinski definition) is 2. The largest absolute Gasteiger partial charge is 0.507 e. The molecule has 2 aromatic rings. The van der Waals surface area contributed by atoms with Gasteiger partial charge >= 0.3 is 0 Å². The normalized spacial score (nSPS) is 16.1. The molecule has 0 amide bonds. The Morgan fingerprint density at radius 3 is 1.96 bits per heavy atom. The second kappa shape index (κ2) is 6.13. The summed E-state index contributed by atoms with van der Waals surface area (Å²) >= 11 is 0. The van der Waals surface area contributed by atoms with E-state index in [0.29, 0.717) is 0 Å². The molecule has 6 nitrogen and oxygen atoms in total. The topological polar surface area (TPSA) is 109 Å². The van der Waals surface area contributed by atoms with E-state index in [-0.39, 0.29) is 56.9 Å². The van der Waals surface area contributed by atoms with E-state index in [1.807, 2.05) is 0 Å². The van der Waals surface area contributed by atoms with E-state index in [0.717, 1.165) is 6.08 Å². The van der Waals surface area contributed by atoms with Crippen LogP contribution in [0.1, 0.15) is 54.8 Å². The molecule has 0 aliphatic heterocycles. The van der Waals surface area contributed by atoms with Crippen molar-refractivity contribution in [2.45, 2.75) is 13.3 Å². The summed E-state index contributed by atoms with van der Waals surface area (Å²) in [6, 6.07) is 8.46. The number of carbonyl (C=O) groups is 4. The highest BCUT2D eigenvalue weighted by Crippen LogP contribution is 2.36. The van der Waals surface area contributed by atoms with Crippen molar-refractivity contribution in [1.82, 2.24) is 0 Å². The van der Waals surface area contributed by atoms with E-state index < -0.39 is 23.1 Å². The van der Waals surface area contributed by atoms with Gasteiger partial charge < -0.3 is 10.2 Å². The van der Waals surface area contributed by atoms with E-state index >= 15 is 0 Å². The molecule has 2 aliphatic rings. The van der Waals surface area contributed by atoms with E-state index in [1.54, 1.807) is 0 Å². The molecule has 28 heavy (non-hydrogen) atoms. The number of benzene rings is 2. The van der Waals surface area contributed by atoms with Crippen LogP contribution in [0.5, 0.6) is 11.5 Å². The summed E-state index contributed by atoms with van der Waals surface area (Å²) < 4.78 is 0. The first kappa shape index (κ1) is 17.6. The van der Waals surface area contributed by atoms with Gasteiger partial charge in [-0.2, -0.15) is 0 Å². The second-order valence-corrected chi connectivity index (χ2v) is 6.70.